The molecule has 0 aliphatic carbocycles. The van der Waals surface area contributed by atoms with Crippen molar-refractivity contribution in [2.45, 2.75) is 51.7 Å². The molecule has 1 aromatic heterocycles. The SMILES string of the molecule is CC1CCCC(C)N1Cc1cnn(-c2ccccc2)c1N. The molecule has 0 bridgehead atoms. The largest absolute Gasteiger partial charge is 0.383 e. The lowest BCUT2D eigenvalue weighted by Gasteiger charge is -2.38. The number of piperidine rings is 1. The van der Waals surface area contributed by atoms with Crippen molar-refractivity contribution in [1.82, 2.24) is 14.7 Å². The Kier molecular flexibility index (Phi) is 3.97. The number of hydrogen-bond acceptors (Lipinski definition) is 3. The lowest BCUT2D eigenvalue weighted by atomic mass is 9.97. The molecule has 1 aliphatic heterocycles. The van der Waals surface area contributed by atoms with Crippen LogP contribution >= 0.6 is 0 Å². The minimum absolute atomic E-state index is 0.619. The van der Waals surface area contributed by atoms with E-state index in [1.54, 1.807) is 0 Å². The maximum Gasteiger partial charge on any atom is 0.131 e. The van der Waals surface area contributed by atoms with Gasteiger partial charge < -0.3 is 5.73 Å². The molecule has 1 aromatic carbocycles. The van der Waals surface area contributed by atoms with Crippen LogP contribution in [0.1, 0.15) is 38.7 Å². The highest BCUT2D eigenvalue weighted by molar-refractivity contribution is 5.46. The average Bonchev–Trinajstić information content (AvgIpc) is 2.85. The average molecular weight is 284 g/mol. The van der Waals surface area contributed by atoms with Gasteiger partial charge in [0.2, 0.25) is 0 Å². The number of aromatic nitrogens is 2. The van der Waals surface area contributed by atoms with Crippen molar-refractivity contribution in [3.8, 4) is 5.69 Å². The second-order valence-corrected chi connectivity index (χ2v) is 6.10. The molecule has 1 aliphatic rings. The van der Waals surface area contributed by atoms with Crippen LogP contribution in [0.2, 0.25) is 0 Å². The minimum Gasteiger partial charge on any atom is -0.383 e. The third-order valence-electron chi connectivity index (χ3n) is 4.62. The number of anilines is 1. The Balaban J connectivity index is 1.82. The summed E-state index contributed by atoms with van der Waals surface area (Å²) in [6.07, 6.45) is 5.79. The third-order valence-corrected chi connectivity index (χ3v) is 4.62. The minimum atomic E-state index is 0.619. The first-order chi connectivity index (χ1) is 10.2. The molecule has 2 aromatic rings. The number of rotatable bonds is 3. The molecule has 2 heterocycles. The molecular weight excluding hydrogens is 260 g/mol. The predicted octanol–water partition coefficient (Wildman–Crippen LogP) is 3.22. The van der Waals surface area contributed by atoms with Crippen molar-refractivity contribution >= 4 is 5.82 Å². The number of likely N-dealkylation sites (tertiary alicyclic amines) is 1. The zero-order valence-corrected chi connectivity index (χ0v) is 12.9. The Morgan fingerprint density at radius 2 is 1.81 bits per heavy atom. The highest BCUT2D eigenvalue weighted by atomic mass is 15.3. The summed E-state index contributed by atoms with van der Waals surface area (Å²) in [6, 6.07) is 11.3. The second-order valence-electron chi connectivity index (χ2n) is 6.10. The van der Waals surface area contributed by atoms with Crippen LogP contribution in [0.5, 0.6) is 0 Å². The summed E-state index contributed by atoms with van der Waals surface area (Å²) in [5.74, 6) is 0.756. The highest BCUT2D eigenvalue weighted by Crippen LogP contribution is 2.26. The summed E-state index contributed by atoms with van der Waals surface area (Å²) in [5.41, 5.74) is 8.46. The maximum absolute atomic E-state index is 6.32. The molecule has 1 saturated heterocycles. The van der Waals surface area contributed by atoms with E-state index in [1.165, 1.54) is 19.3 Å². The van der Waals surface area contributed by atoms with Gasteiger partial charge in [0.05, 0.1) is 11.9 Å². The molecule has 3 rings (SSSR count). The predicted molar refractivity (Wildman–Crippen MR) is 86.3 cm³/mol. The molecule has 2 atom stereocenters. The maximum atomic E-state index is 6.32. The Labute approximate surface area is 126 Å². The van der Waals surface area contributed by atoms with E-state index >= 15 is 0 Å². The van der Waals surface area contributed by atoms with E-state index in [0.29, 0.717) is 12.1 Å². The van der Waals surface area contributed by atoms with Crippen LogP contribution in [0.15, 0.2) is 36.5 Å². The number of benzene rings is 1. The fourth-order valence-corrected chi connectivity index (χ4v) is 3.27. The highest BCUT2D eigenvalue weighted by Gasteiger charge is 2.25. The molecule has 0 radical (unpaired) electrons. The summed E-state index contributed by atoms with van der Waals surface area (Å²) < 4.78 is 1.83. The molecular formula is C17H24N4. The van der Waals surface area contributed by atoms with Crippen LogP contribution in [0.3, 0.4) is 0 Å². The number of para-hydroxylation sites is 1. The topological polar surface area (TPSA) is 47.1 Å². The van der Waals surface area contributed by atoms with Gasteiger partial charge in [0.1, 0.15) is 5.82 Å². The van der Waals surface area contributed by atoms with Crippen molar-refractivity contribution < 1.29 is 0 Å². The Morgan fingerprint density at radius 1 is 1.14 bits per heavy atom. The van der Waals surface area contributed by atoms with E-state index in [9.17, 15) is 0 Å². The fraction of sp³-hybridized carbons (Fsp3) is 0.471. The monoisotopic (exact) mass is 284 g/mol. The molecule has 0 amide bonds. The first-order valence-corrected chi connectivity index (χ1v) is 7.80. The Hall–Kier alpha value is -1.81. The van der Waals surface area contributed by atoms with Gasteiger partial charge in [-0.25, -0.2) is 4.68 Å². The second kappa shape index (κ2) is 5.90. The number of nitrogens with two attached hydrogens (primary N) is 1. The number of hydrogen-bond donors (Lipinski definition) is 1. The van der Waals surface area contributed by atoms with Crippen molar-refractivity contribution in [3.05, 3.63) is 42.1 Å². The first-order valence-electron chi connectivity index (χ1n) is 7.80. The van der Waals surface area contributed by atoms with E-state index in [4.69, 9.17) is 5.73 Å². The van der Waals surface area contributed by atoms with Crippen LogP contribution < -0.4 is 5.73 Å². The smallest absolute Gasteiger partial charge is 0.131 e. The summed E-state index contributed by atoms with van der Waals surface area (Å²) in [6.45, 7) is 5.52. The van der Waals surface area contributed by atoms with Gasteiger partial charge in [-0.3, -0.25) is 4.90 Å². The fourth-order valence-electron chi connectivity index (χ4n) is 3.27. The summed E-state index contributed by atoms with van der Waals surface area (Å²) in [7, 11) is 0. The van der Waals surface area contributed by atoms with Gasteiger partial charge in [0.25, 0.3) is 0 Å². The van der Waals surface area contributed by atoms with Crippen molar-refractivity contribution in [3.63, 3.8) is 0 Å². The standard InChI is InChI=1S/C17H24N4/c1-13-7-6-8-14(2)20(13)12-15-11-19-21(17(15)18)16-9-4-3-5-10-16/h3-5,9-11,13-14H,6-8,12,18H2,1-2H3. The van der Waals surface area contributed by atoms with Gasteiger partial charge in [-0.2, -0.15) is 5.10 Å². The molecule has 0 spiro atoms. The molecule has 2 unspecified atom stereocenters. The summed E-state index contributed by atoms with van der Waals surface area (Å²) in [5, 5.41) is 4.47. The lowest BCUT2D eigenvalue weighted by molar-refractivity contribution is 0.0955. The Morgan fingerprint density at radius 3 is 2.48 bits per heavy atom. The number of nitrogens with zero attached hydrogens (tertiary/aromatic N) is 3. The number of nitrogen functional groups attached to an aromatic ring is 1. The van der Waals surface area contributed by atoms with Crippen LogP contribution in [0, 0.1) is 0 Å². The van der Waals surface area contributed by atoms with Gasteiger partial charge in [-0.05, 0) is 38.8 Å². The van der Waals surface area contributed by atoms with Crippen LogP contribution in [-0.2, 0) is 6.54 Å². The van der Waals surface area contributed by atoms with Gasteiger partial charge >= 0.3 is 0 Å². The van der Waals surface area contributed by atoms with E-state index in [1.807, 2.05) is 41.2 Å². The molecule has 1 fully saturated rings. The molecule has 112 valence electrons. The normalized spacial score (nSPS) is 23.3. The molecule has 0 saturated carbocycles. The molecule has 21 heavy (non-hydrogen) atoms. The summed E-state index contributed by atoms with van der Waals surface area (Å²) in [4.78, 5) is 2.55. The first kappa shape index (κ1) is 14.1. The van der Waals surface area contributed by atoms with Gasteiger partial charge in [0.15, 0.2) is 0 Å². The van der Waals surface area contributed by atoms with E-state index < -0.39 is 0 Å². The lowest BCUT2D eigenvalue weighted by Crippen LogP contribution is -2.43. The third kappa shape index (κ3) is 2.81. The van der Waals surface area contributed by atoms with Crippen molar-refractivity contribution in [2.75, 3.05) is 5.73 Å². The van der Waals surface area contributed by atoms with Gasteiger partial charge in [-0.15, -0.1) is 0 Å². The van der Waals surface area contributed by atoms with E-state index in [2.05, 4.69) is 23.8 Å². The Bertz CT molecular complexity index is 580. The van der Waals surface area contributed by atoms with Gasteiger partial charge in [0, 0.05) is 24.2 Å². The van der Waals surface area contributed by atoms with Crippen LogP contribution in [0.25, 0.3) is 5.69 Å². The van der Waals surface area contributed by atoms with E-state index in [-0.39, 0.29) is 0 Å². The molecule has 4 heteroatoms. The van der Waals surface area contributed by atoms with Crippen molar-refractivity contribution in [2.24, 2.45) is 0 Å². The van der Waals surface area contributed by atoms with E-state index in [0.717, 1.165) is 23.6 Å². The zero-order valence-electron chi connectivity index (χ0n) is 12.9. The van der Waals surface area contributed by atoms with Crippen LogP contribution in [0.4, 0.5) is 5.82 Å². The van der Waals surface area contributed by atoms with Crippen LogP contribution in [-0.4, -0.2) is 26.8 Å². The van der Waals surface area contributed by atoms with Crippen molar-refractivity contribution in [1.29, 1.82) is 0 Å². The molecule has 4 nitrogen and oxygen atoms in total. The zero-order chi connectivity index (χ0) is 14.8. The molecule has 2 N–H and O–H groups in total. The van der Waals surface area contributed by atoms with Gasteiger partial charge in [-0.1, -0.05) is 24.6 Å². The summed E-state index contributed by atoms with van der Waals surface area (Å²) >= 11 is 0. The quantitative estimate of drug-likeness (QED) is 0.941.